The normalized spacial score (nSPS) is 11.0. The number of methoxy groups -OCH3 is 1. The molecule has 27 heavy (non-hydrogen) atoms. The quantitative estimate of drug-likeness (QED) is 0.497. The van der Waals surface area contributed by atoms with Crippen molar-refractivity contribution in [1.29, 1.82) is 0 Å². The summed E-state index contributed by atoms with van der Waals surface area (Å²) < 4.78 is 17.0. The molecule has 0 aliphatic carbocycles. The van der Waals surface area contributed by atoms with Gasteiger partial charge in [0.05, 0.1) is 0 Å². The molecule has 1 N–H and O–H groups in total. The van der Waals surface area contributed by atoms with Crippen LogP contribution in [-0.2, 0) is 32.1 Å². The van der Waals surface area contributed by atoms with Crippen LogP contribution in [0.25, 0.3) is 0 Å². The molecule has 0 aromatic carbocycles. The first-order valence-electron chi connectivity index (χ1n) is 8.22. The fraction of sp³-hybridized carbons (Fsp3) is 0.529. The number of imide groups is 1. The number of pyridine rings is 1. The lowest BCUT2D eigenvalue weighted by Gasteiger charge is -2.20. The van der Waals surface area contributed by atoms with Gasteiger partial charge in [0.1, 0.15) is 32.4 Å². The molecule has 0 saturated heterocycles. The first-order chi connectivity index (χ1) is 12.4. The molecule has 9 nitrogen and oxygen atoms in total. The molecular formula is C17H26ClN3O6. The number of amides is 3. The average Bonchev–Trinajstić information content (AvgIpc) is 2.65. The van der Waals surface area contributed by atoms with Gasteiger partial charge in [-0.05, 0) is 6.92 Å². The highest BCUT2D eigenvalue weighted by Gasteiger charge is 2.25. The van der Waals surface area contributed by atoms with Gasteiger partial charge in [0.25, 0.3) is 0 Å². The van der Waals surface area contributed by atoms with Gasteiger partial charge in [-0.25, -0.2) is 19.1 Å². The number of hydrogen-bond acceptors (Lipinski definition) is 6. The van der Waals surface area contributed by atoms with E-state index in [4.69, 9.17) is 14.2 Å². The van der Waals surface area contributed by atoms with Crippen molar-refractivity contribution in [3.63, 3.8) is 0 Å². The predicted octanol–water partition coefficient (Wildman–Crippen LogP) is -2.15. The van der Waals surface area contributed by atoms with Crippen LogP contribution in [0.3, 0.4) is 0 Å². The molecule has 3 amide bonds. The third-order valence-electron chi connectivity index (χ3n) is 3.63. The van der Waals surface area contributed by atoms with E-state index in [1.165, 1.54) is 21.1 Å². The molecule has 0 aliphatic heterocycles. The minimum Gasteiger partial charge on any atom is -1.00 e. The van der Waals surface area contributed by atoms with Crippen molar-refractivity contribution in [2.45, 2.75) is 33.0 Å². The summed E-state index contributed by atoms with van der Waals surface area (Å²) in [7, 11) is 2.84. The minimum absolute atomic E-state index is 0. The van der Waals surface area contributed by atoms with Crippen LogP contribution in [0.2, 0.25) is 0 Å². The Labute approximate surface area is 165 Å². The fourth-order valence-electron chi connectivity index (χ4n) is 2.10. The monoisotopic (exact) mass is 403 g/mol. The van der Waals surface area contributed by atoms with Crippen molar-refractivity contribution >= 4 is 18.1 Å². The molecule has 1 heterocycles. The van der Waals surface area contributed by atoms with Gasteiger partial charge in [0.15, 0.2) is 6.20 Å². The Bertz CT molecular complexity index is 628. The van der Waals surface area contributed by atoms with Gasteiger partial charge in [-0.15, -0.1) is 0 Å². The molecule has 1 aromatic heterocycles. The van der Waals surface area contributed by atoms with Gasteiger partial charge in [0, 0.05) is 33.2 Å². The molecule has 0 spiro atoms. The van der Waals surface area contributed by atoms with Crippen LogP contribution in [0.1, 0.15) is 19.5 Å². The van der Waals surface area contributed by atoms with E-state index in [0.29, 0.717) is 6.54 Å². The number of rotatable bonds is 8. The molecule has 1 aromatic rings. The SMILES string of the molecule is CC[n+]1ccccc1CN(C(C)=O)C(=O)OCC(COC(=O)NC)OC.[Cl-]. The van der Waals surface area contributed by atoms with Crippen LogP contribution < -0.4 is 22.3 Å². The summed E-state index contributed by atoms with van der Waals surface area (Å²) in [4.78, 5) is 36.3. The maximum atomic E-state index is 12.3. The van der Waals surface area contributed by atoms with E-state index >= 15 is 0 Å². The molecule has 152 valence electrons. The summed E-state index contributed by atoms with van der Waals surface area (Å²) >= 11 is 0. The van der Waals surface area contributed by atoms with E-state index < -0.39 is 24.2 Å². The van der Waals surface area contributed by atoms with Gasteiger partial charge in [0.2, 0.25) is 11.6 Å². The zero-order valence-corrected chi connectivity index (χ0v) is 16.7. The Balaban J connectivity index is 0.00000676. The van der Waals surface area contributed by atoms with Gasteiger partial charge < -0.3 is 31.9 Å². The lowest BCUT2D eigenvalue weighted by atomic mass is 10.3. The molecular weight excluding hydrogens is 378 g/mol. The fourth-order valence-corrected chi connectivity index (χ4v) is 2.10. The highest BCUT2D eigenvalue weighted by atomic mass is 35.5. The van der Waals surface area contributed by atoms with Crippen molar-refractivity contribution in [2.24, 2.45) is 0 Å². The van der Waals surface area contributed by atoms with E-state index in [1.807, 2.05) is 35.9 Å². The second kappa shape index (κ2) is 12.9. The molecule has 10 heteroatoms. The van der Waals surface area contributed by atoms with Gasteiger partial charge in [-0.1, -0.05) is 6.07 Å². The number of nitrogens with one attached hydrogen (secondary N) is 1. The molecule has 1 unspecified atom stereocenters. The summed E-state index contributed by atoms with van der Waals surface area (Å²) in [5.41, 5.74) is 0.799. The lowest BCUT2D eigenvalue weighted by molar-refractivity contribution is -0.701. The van der Waals surface area contributed by atoms with E-state index in [2.05, 4.69) is 5.32 Å². The standard InChI is InChI=1S/C17H25N3O6.ClH/c1-5-19-9-7-6-8-14(19)10-20(13(2)21)17(23)26-12-15(24-4)11-25-16(22)18-3;/h6-9,15H,5,10-12H2,1-4H3;1H. The second-order valence-electron chi connectivity index (χ2n) is 5.37. The largest absolute Gasteiger partial charge is 1.00 e. The number of aromatic nitrogens is 1. The summed E-state index contributed by atoms with van der Waals surface area (Å²) in [5.74, 6) is -0.433. The lowest BCUT2D eigenvalue weighted by Crippen LogP contribution is -3.00. The van der Waals surface area contributed by atoms with Gasteiger partial charge >= 0.3 is 12.2 Å². The van der Waals surface area contributed by atoms with Crippen LogP contribution in [0.15, 0.2) is 24.4 Å². The highest BCUT2D eigenvalue weighted by molar-refractivity contribution is 5.90. The zero-order valence-electron chi connectivity index (χ0n) is 15.9. The van der Waals surface area contributed by atoms with Crippen LogP contribution in [0, 0.1) is 0 Å². The smallest absolute Gasteiger partial charge is 0.417 e. The minimum atomic E-state index is -0.786. The van der Waals surface area contributed by atoms with Gasteiger partial charge in [-0.2, -0.15) is 0 Å². The van der Waals surface area contributed by atoms with Crippen LogP contribution >= 0.6 is 0 Å². The Morgan fingerprint density at radius 1 is 1.22 bits per heavy atom. The maximum absolute atomic E-state index is 12.3. The van der Waals surface area contributed by atoms with Crippen molar-refractivity contribution in [3.05, 3.63) is 30.1 Å². The molecule has 0 bridgehead atoms. The predicted molar refractivity (Wildman–Crippen MR) is 91.1 cm³/mol. The Morgan fingerprint density at radius 2 is 1.89 bits per heavy atom. The molecule has 1 atom stereocenters. The number of nitrogens with zero attached hydrogens (tertiary/aromatic N) is 2. The summed E-state index contributed by atoms with van der Waals surface area (Å²) in [6.07, 6.45) is -0.166. The molecule has 0 saturated carbocycles. The molecule has 0 radical (unpaired) electrons. The summed E-state index contributed by atoms with van der Waals surface area (Å²) in [6, 6.07) is 5.54. The van der Waals surface area contributed by atoms with Crippen LogP contribution in [-0.4, -0.2) is 56.5 Å². The number of ether oxygens (including phenoxy) is 3. The maximum Gasteiger partial charge on any atom is 0.417 e. The number of hydrogen-bond donors (Lipinski definition) is 1. The average molecular weight is 404 g/mol. The number of carbonyl (C=O) groups excluding carboxylic acids is 3. The number of carbonyl (C=O) groups is 3. The summed E-state index contributed by atoms with van der Waals surface area (Å²) in [5, 5.41) is 2.30. The topological polar surface area (TPSA) is 98.1 Å². The number of alkyl carbamates (subject to hydrolysis) is 1. The Hall–Kier alpha value is -2.39. The van der Waals surface area contributed by atoms with Crippen LogP contribution in [0.5, 0.6) is 0 Å². The van der Waals surface area contributed by atoms with E-state index in [1.54, 1.807) is 0 Å². The van der Waals surface area contributed by atoms with Crippen molar-refractivity contribution in [1.82, 2.24) is 10.2 Å². The van der Waals surface area contributed by atoms with Gasteiger partial charge in [-0.3, -0.25) is 4.79 Å². The molecule has 0 fully saturated rings. The highest BCUT2D eigenvalue weighted by Crippen LogP contribution is 2.05. The van der Waals surface area contributed by atoms with Crippen molar-refractivity contribution < 1.29 is 45.6 Å². The van der Waals surface area contributed by atoms with E-state index in [0.717, 1.165) is 10.6 Å². The van der Waals surface area contributed by atoms with E-state index in [9.17, 15) is 14.4 Å². The molecule has 0 aliphatic rings. The first-order valence-corrected chi connectivity index (χ1v) is 8.22. The van der Waals surface area contributed by atoms with E-state index in [-0.39, 0.29) is 32.2 Å². The third kappa shape index (κ3) is 8.23. The second-order valence-corrected chi connectivity index (χ2v) is 5.37. The zero-order chi connectivity index (χ0) is 19.5. The Morgan fingerprint density at radius 3 is 2.44 bits per heavy atom. The molecule has 1 rings (SSSR count). The van der Waals surface area contributed by atoms with Crippen molar-refractivity contribution in [3.8, 4) is 0 Å². The Kier molecular flexibility index (Phi) is 11.7. The third-order valence-corrected chi connectivity index (χ3v) is 3.63. The number of aryl methyl sites for hydroxylation is 1. The first kappa shape index (κ1) is 24.6. The van der Waals surface area contributed by atoms with Crippen molar-refractivity contribution in [2.75, 3.05) is 27.4 Å². The van der Waals surface area contributed by atoms with Crippen LogP contribution in [0.4, 0.5) is 9.59 Å². The summed E-state index contributed by atoms with van der Waals surface area (Å²) in [6.45, 7) is 3.82. The number of halogens is 1.